The van der Waals surface area contributed by atoms with Gasteiger partial charge in [-0.2, -0.15) is 5.26 Å². The van der Waals surface area contributed by atoms with Gasteiger partial charge >= 0.3 is 0 Å². The van der Waals surface area contributed by atoms with E-state index >= 15 is 0 Å². The van der Waals surface area contributed by atoms with Crippen LogP contribution < -0.4 is 10.9 Å². The van der Waals surface area contributed by atoms with Crippen molar-refractivity contribution in [3.05, 3.63) is 62.1 Å². The van der Waals surface area contributed by atoms with Gasteiger partial charge in [0.2, 0.25) is 11.8 Å². The normalized spacial score (nSPS) is 10.8. The van der Waals surface area contributed by atoms with Gasteiger partial charge in [0.25, 0.3) is 5.56 Å². The molecule has 6 heteroatoms. The van der Waals surface area contributed by atoms with Crippen LogP contribution in [-0.2, 0) is 11.3 Å². The number of nitriles is 1. The first-order chi connectivity index (χ1) is 12.7. The molecule has 0 aliphatic carbocycles. The van der Waals surface area contributed by atoms with E-state index in [0.717, 1.165) is 27.6 Å². The number of benzene rings is 1. The van der Waals surface area contributed by atoms with Crippen molar-refractivity contribution in [2.75, 3.05) is 5.32 Å². The van der Waals surface area contributed by atoms with Crippen LogP contribution in [0.5, 0.6) is 0 Å². The first-order valence-corrected chi connectivity index (χ1v) is 8.64. The van der Waals surface area contributed by atoms with Crippen molar-refractivity contribution in [2.24, 2.45) is 0 Å². The van der Waals surface area contributed by atoms with E-state index in [9.17, 15) is 14.9 Å². The number of pyridine rings is 1. The van der Waals surface area contributed by atoms with Crippen LogP contribution in [0.25, 0.3) is 10.9 Å². The Kier molecular flexibility index (Phi) is 4.63. The van der Waals surface area contributed by atoms with Gasteiger partial charge in [0.15, 0.2) is 0 Å². The average Bonchev–Trinajstić information content (AvgIpc) is 2.84. The Labute approximate surface area is 157 Å². The predicted molar refractivity (Wildman–Crippen MR) is 104 cm³/mol. The quantitative estimate of drug-likeness (QED) is 0.769. The van der Waals surface area contributed by atoms with Crippen LogP contribution in [0.4, 0.5) is 5.88 Å². The largest absolute Gasteiger partial charge is 0.444 e. The summed E-state index contributed by atoms with van der Waals surface area (Å²) in [4.78, 5) is 25.2. The summed E-state index contributed by atoms with van der Waals surface area (Å²) in [6.07, 6.45) is 0. The summed E-state index contributed by atoms with van der Waals surface area (Å²) >= 11 is 0. The van der Waals surface area contributed by atoms with Crippen LogP contribution in [0.2, 0.25) is 0 Å². The molecule has 0 aliphatic heterocycles. The number of rotatable bonds is 3. The summed E-state index contributed by atoms with van der Waals surface area (Å²) in [5.74, 6) is 0.271. The topological polar surface area (TPSA) is 88.0 Å². The number of carbonyl (C=O) groups excluding carboxylic acids is 1. The highest BCUT2D eigenvalue weighted by Gasteiger charge is 2.18. The van der Waals surface area contributed by atoms with Gasteiger partial charge in [-0.3, -0.25) is 19.5 Å². The van der Waals surface area contributed by atoms with Crippen molar-refractivity contribution >= 4 is 22.7 Å². The van der Waals surface area contributed by atoms with Gasteiger partial charge in [-0.05, 0) is 51.8 Å². The molecule has 1 amide bonds. The third kappa shape index (κ3) is 3.24. The molecule has 0 saturated heterocycles. The van der Waals surface area contributed by atoms with E-state index < -0.39 is 5.91 Å². The van der Waals surface area contributed by atoms with E-state index in [-0.39, 0.29) is 18.0 Å². The lowest BCUT2D eigenvalue weighted by Gasteiger charge is -2.14. The fourth-order valence-electron chi connectivity index (χ4n) is 3.39. The molecule has 0 atom stereocenters. The van der Waals surface area contributed by atoms with Crippen LogP contribution >= 0.6 is 0 Å². The minimum absolute atomic E-state index is 0.120. The number of anilines is 1. The molecular weight excluding hydrogens is 342 g/mol. The molecule has 0 aliphatic rings. The summed E-state index contributed by atoms with van der Waals surface area (Å²) in [5, 5.41) is 12.8. The third-order valence-corrected chi connectivity index (χ3v) is 4.80. The molecule has 3 rings (SSSR count). The summed E-state index contributed by atoms with van der Waals surface area (Å²) in [6.45, 7) is 9.14. The second kappa shape index (κ2) is 6.76. The predicted octanol–water partition coefficient (Wildman–Crippen LogP) is 3.65. The molecule has 1 N–H and O–H groups in total. The molecule has 0 saturated carbocycles. The Morgan fingerprint density at radius 1 is 1.15 bits per heavy atom. The van der Waals surface area contributed by atoms with E-state index in [4.69, 9.17) is 4.42 Å². The summed E-state index contributed by atoms with van der Waals surface area (Å²) in [6, 6.07) is 7.58. The second-order valence-corrected chi connectivity index (χ2v) is 6.88. The number of hydrogen-bond donors (Lipinski definition) is 1. The van der Waals surface area contributed by atoms with Crippen LogP contribution in [0.15, 0.2) is 27.4 Å². The first kappa shape index (κ1) is 18.5. The lowest BCUT2D eigenvalue weighted by Crippen LogP contribution is -2.28. The number of aromatic nitrogens is 1. The monoisotopic (exact) mass is 363 g/mol. The first-order valence-electron chi connectivity index (χ1n) is 8.64. The molecule has 0 unspecified atom stereocenters. The summed E-state index contributed by atoms with van der Waals surface area (Å²) in [7, 11) is 0. The number of nitrogens with one attached hydrogen (secondary N) is 1. The number of nitrogens with zero attached hydrogens (tertiary/aromatic N) is 2. The molecule has 0 fully saturated rings. The van der Waals surface area contributed by atoms with E-state index in [1.807, 2.05) is 39.0 Å². The summed E-state index contributed by atoms with van der Waals surface area (Å²) < 4.78 is 6.94. The fourth-order valence-corrected chi connectivity index (χ4v) is 3.39. The Bertz CT molecular complexity index is 1180. The SMILES string of the molecule is Cc1cc(C)c2c(c1)c(C)cc(=O)n2CC(=O)Nc1oc(C)c(C)c1C#N. The van der Waals surface area contributed by atoms with Gasteiger partial charge in [-0.1, -0.05) is 11.6 Å². The van der Waals surface area contributed by atoms with E-state index in [0.29, 0.717) is 16.9 Å². The second-order valence-electron chi connectivity index (χ2n) is 6.88. The number of furan rings is 1. The third-order valence-electron chi connectivity index (χ3n) is 4.80. The molecule has 0 spiro atoms. The Morgan fingerprint density at radius 2 is 1.85 bits per heavy atom. The number of aryl methyl sites for hydroxylation is 4. The Morgan fingerprint density at radius 3 is 2.52 bits per heavy atom. The van der Waals surface area contributed by atoms with Gasteiger partial charge in [0.1, 0.15) is 23.9 Å². The minimum atomic E-state index is -0.424. The van der Waals surface area contributed by atoms with E-state index in [1.165, 1.54) is 10.6 Å². The van der Waals surface area contributed by atoms with Gasteiger partial charge in [0.05, 0.1) is 5.52 Å². The molecule has 138 valence electrons. The highest BCUT2D eigenvalue weighted by Crippen LogP contribution is 2.26. The van der Waals surface area contributed by atoms with E-state index in [2.05, 4.69) is 5.32 Å². The van der Waals surface area contributed by atoms with Crippen molar-refractivity contribution in [3.63, 3.8) is 0 Å². The van der Waals surface area contributed by atoms with Crippen molar-refractivity contribution in [2.45, 2.75) is 41.2 Å². The van der Waals surface area contributed by atoms with Crippen LogP contribution in [0.1, 0.15) is 33.6 Å². The number of fused-ring (bicyclic) bond motifs is 1. The molecule has 0 radical (unpaired) electrons. The maximum Gasteiger partial charge on any atom is 0.251 e. The molecule has 2 heterocycles. The zero-order valence-electron chi connectivity index (χ0n) is 16.1. The van der Waals surface area contributed by atoms with Gasteiger partial charge in [0, 0.05) is 17.0 Å². The average molecular weight is 363 g/mol. The lowest BCUT2D eigenvalue weighted by molar-refractivity contribution is -0.116. The molecule has 0 bridgehead atoms. The molecule has 2 aromatic heterocycles. The van der Waals surface area contributed by atoms with Crippen LogP contribution in [-0.4, -0.2) is 10.5 Å². The number of hydrogen-bond acceptors (Lipinski definition) is 4. The maximum absolute atomic E-state index is 12.6. The molecule has 1 aromatic carbocycles. The molecular formula is C21H21N3O3. The summed E-state index contributed by atoms with van der Waals surface area (Å²) in [5.41, 5.74) is 4.40. The molecule has 27 heavy (non-hydrogen) atoms. The molecule has 3 aromatic rings. The zero-order chi connectivity index (χ0) is 19.9. The maximum atomic E-state index is 12.6. The molecule has 6 nitrogen and oxygen atoms in total. The van der Waals surface area contributed by atoms with Crippen molar-refractivity contribution in [1.82, 2.24) is 4.57 Å². The standard InChI is InChI=1S/C21H21N3O3/c1-11-6-13(3)20-16(7-11)12(2)8-19(26)24(20)10-18(25)23-21-17(9-22)14(4)15(5)27-21/h6-8H,10H2,1-5H3,(H,23,25). The van der Waals surface area contributed by atoms with Crippen LogP contribution in [0.3, 0.4) is 0 Å². The van der Waals surface area contributed by atoms with Crippen LogP contribution in [0, 0.1) is 45.9 Å². The minimum Gasteiger partial charge on any atom is -0.444 e. The number of carbonyl (C=O) groups is 1. The number of amides is 1. The van der Waals surface area contributed by atoms with E-state index in [1.54, 1.807) is 13.8 Å². The van der Waals surface area contributed by atoms with Gasteiger partial charge in [-0.15, -0.1) is 0 Å². The highest BCUT2D eigenvalue weighted by atomic mass is 16.4. The fraction of sp³-hybridized carbons (Fsp3) is 0.286. The smallest absolute Gasteiger partial charge is 0.251 e. The Balaban J connectivity index is 2.03. The highest BCUT2D eigenvalue weighted by molar-refractivity contribution is 5.93. The van der Waals surface area contributed by atoms with Crippen molar-refractivity contribution in [1.29, 1.82) is 5.26 Å². The zero-order valence-corrected chi connectivity index (χ0v) is 16.1. The van der Waals surface area contributed by atoms with Crippen molar-refractivity contribution < 1.29 is 9.21 Å². The lowest BCUT2D eigenvalue weighted by atomic mass is 10.0. The van der Waals surface area contributed by atoms with Gasteiger partial charge in [-0.25, -0.2) is 0 Å². The van der Waals surface area contributed by atoms with Crippen molar-refractivity contribution in [3.8, 4) is 6.07 Å². The van der Waals surface area contributed by atoms with Gasteiger partial charge < -0.3 is 4.42 Å². The Hall–Kier alpha value is -3.33.